The Kier molecular flexibility index (Phi) is 6.82. The monoisotopic (exact) mass is 730 g/mol. The van der Waals surface area contributed by atoms with Crippen LogP contribution >= 0.6 is 0 Å². The van der Waals surface area contributed by atoms with E-state index in [4.69, 9.17) is 18.8 Å². The van der Waals surface area contributed by atoms with Gasteiger partial charge in [0, 0.05) is 54.9 Å². The lowest BCUT2D eigenvalue weighted by Crippen LogP contribution is -2.03. The van der Waals surface area contributed by atoms with Gasteiger partial charge in [0.2, 0.25) is 9.84 Å². The first-order chi connectivity index (χ1) is 27.0. The van der Waals surface area contributed by atoms with Gasteiger partial charge in [-0.1, -0.05) is 110 Å². The molecule has 0 atom stereocenters. The molecular weight excluding hydrogens is 701 g/mol. The van der Waals surface area contributed by atoms with Crippen molar-refractivity contribution >= 4 is 53.7 Å². The lowest BCUT2D eigenvalue weighted by Gasteiger charge is -2.16. The fourth-order valence-electron chi connectivity index (χ4n) is 8.28. The maximum atomic E-state index is 14.3. The van der Waals surface area contributed by atoms with Crippen molar-refractivity contribution in [1.82, 2.24) is 9.97 Å². The minimum atomic E-state index is -3.82. The molecule has 7 heteroatoms. The second-order valence-corrected chi connectivity index (χ2v) is 15.8. The first-order valence-electron chi connectivity index (χ1n) is 18.3. The van der Waals surface area contributed by atoms with E-state index in [0.29, 0.717) is 39.5 Å². The van der Waals surface area contributed by atoms with Gasteiger partial charge in [-0.15, -0.1) is 0 Å². The van der Waals surface area contributed by atoms with E-state index < -0.39 is 9.84 Å². The Hall–Kier alpha value is -6.83. The molecule has 4 heterocycles. The maximum Gasteiger partial charge on any atom is 0.207 e. The van der Waals surface area contributed by atoms with E-state index >= 15 is 0 Å². The molecule has 10 aromatic rings. The van der Waals surface area contributed by atoms with E-state index in [-0.39, 0.29) is 4.90 Å². The van der Waals surface area contributed by atoms with Crippen molar-refractivity contribution in [2.24, 2.45) is 0 Å². The standard InChI is InChI=1S/C48H30N2O4S/c1-2-32-46(30-19-22-35-34-13-6-8-16-39(34)54-42(35)26-30)49-48(28-11-4-3-5-12-28)50-47(32)31-20-23-36-38-25-29(21-24-43(38)55(51,52)44(36)27-31)33-15-10-18-41-45(33)37-14-7-9-17-40(37)53-41/h3-27H,2H2,1H3. The van der Waals surface area contributed by atoms with Crippen LogP contribution in [-0.2, 0) is 16.3 Å². The number of furan rings is 2. The van der Waals surface area contributed by atoms with Crippen LogP contribution in [-0.4, -0.2) is 18.4 Å². The third kappa shape index (κ3) is 4.76. The number of nitrogens with zero attached hydrogens (tertiary/aromatic N) is 2. The van der Waals surface area contributed by atoms with Crippen molar-refractivity contribution in [2.45, 2.75) is 23.1 Å². The summed E-state index contributed by atoms with van der Waals surface area (Å²) in [5.74, 6) is 0.560. The quantitative estimate of drug-likeness (QED) is 0.175. The Morgan fingerprint density at radius 2 is 1.11 bits per heavy atom. The van der Waals surface area contributed by atoms with Gasteiger partial charge in [-0.3, -0.25) is 0 Å². The summed E-state index contributed by atoms with van der Waals surface area (Å²) in [6.45, 7) is 2.08. The van der Waals surface area contributed by atoms with Crippen LogP contribution in [0.2, 0.25) is 0 Å². The molecular formula is C48H30N2O4S. The van der Waals surface area contributed by atoms with Crippen molar-refractivity contribution in [3.8, 4) is 56.2 Å². The maximum absolute atomic E-state index is 14.3. The van der Waals surface area contributed by atoms with Crippen molar-refractivity contribution in [2.75, 3.05) is 0 Å². The molecule has 7 aromatic carbocycles. The van der Waals surface area contributed by atoms with E-state index in [0.717, 1.165) is 77.4 Å². The first kappa shape index (κ1) is 31.7. The number of fused-ring (bicyclic) bond motifs is 9. The first-order valence-corrected chi connectivity index (χ1v) is 19.8. The summed E-state index contributed by atoms with van der Waals surface area (Å²) in [5, 5.41) is 4.13. The van der Waals surface area contributed by atoms with E-state index in [9.17, 15) is 8.42 Å². The number of rotatable bonds is 5. The van der Waals surface area contributed by atoms with Gasteiger partial charge in [0.15, 0.2) is 5.82 Å². The summed E-state index contributed by atoms with van der Waals surface area (Å²) in [6, 6.07) is 49.5. The summed E-state index contributed by atoms with van der Waals surface area (Å²) >= 11 is 0. The summed E-state index contributed by atoms with van der Waals surface area (Å²) in [6.07, 6.45) is 0.625. The molecule has 1 aliphatic heterocycles. The zero-order valence-corrected chi connectivity index (χ0v) is 30.4. The van der Waals surface area contributed by atoms with Crippen LogP contribution in [0.15, 0.2) is 170 Å². The Bertz CT molecular complexity index is 3320. The Labute approximate surface area is 316 Å². The summed E-state index contributed by atoms with van der Waals surface area (Å²) in [5.41, 5.74) is 11.4. The van der Waals surface area contributed by atoms with Crippen molar-refractivity contribution in [3.05, 3.63) is 157 Å². The summed E-state index contributed by atoms with van der Waals surface area (Å²) in [4.78, 5) is 10.9. The Balaban J connectivity index is 1.08. The zero-order valence-electron chi connectivity index (χ0n) is 29.6. The van der Waals surface area contributed by atoms with Gasteiger partial charge in [0.05, 0.1) is 21.2 Å². The fourth-order valence-corrected chi connectivity index (χ4v) is 9.97. The molecule has 0 saturated carbocycles. The van der Waals surface area contributed by atoms with E-state index in [1.807, 2.05) is 109 Å². The van der Waals surface area contributed by atoms with Gasteiger partial charge in [-0.05, 0) is 66.1 Å². The molecule has 0 bridgehead atoms. The van der Waals surface area contributed by atoms with Crippen molar-refractivity contribution in [1.29, 1.82) is 0 Å². The van der Waals surface area contributed by atoms with Crippen LogP contribution in [0.4, 0.5) is 0 Å². The third-order valence-corrected chi connectivity index (χ3v) is 12.7. The number of hydrogen-bond donors (Lipinski definition) is 0. The fraction of sp³-hybridized carbons (Fsp3) is 0.0417. The lowest BCUT2D eigenvalue weighted by molar-refractivity contribution is 0.598. The van der Waals surface area contributed by atoms with Gasteiger partial charge in [0.25, 0.3) is 0 Å². The summed E-state index contributed by atoms with van der Waals surface area (Å²) < 4.78 is 41.1. The Morgan fingerprint density at radius 3 is 1.91 bits per heavy atom. The molecule has 0 fully saturated rings. The van der Waals surface area contributed by atoms with Crippen LogP contribution in [0.5, 0.6) is 0 Å². The molecule has 11 rings (SSSR count). The highest BCUT2D eigenvalue weighted by Gasteiger charge is 2.34. The number of para-hydroxylation sites is 2. The third-order valence-electron chi connectivity index (χ3n) is 10.9. The molecule has 0 N–H and O–H groups in total. The van der Waals surface area contributed by atoms with Crippen molar-refractivity contribution < 1.29 is 17.3 Å². The largest absolute Gasteiger partial charge is 0.456 e. The van der Waals surface area contributed by atoms with Crippen molar-refractivity contribution in [3.63, 3.8) is 0 Å². The second-order valence-electron chi connectivity index (χ2n) is 14.0. The van der Waals surface area contributed by atoms with Crippen LogP contribution < -0.4 is 0 Å². The minimum absolute atomic E-state index is 0.274. The Morgan fingerprint density at radius 1 is 0.473 bits per heavy atom. The molecule has 55 heavy (non-hydrogen) atoms. The number of benzene rings is 7. The predicted molar refractivity (Wildman–Crippen MR) is 219 cm³/mol. The van der Waals surface area contributed by atoms with Crippen LogP contribution in [0.3, 0.4) is 0 Å². The smallest absolute Gasteiger partial charge is 0.207 e. The van der Waals surface area contributed by atoms with Gasteiger partial charge in [-0.2, -0.15) is 0 Å². The lowest BCUT2D eigenvalue weighted by atomic mass is 9.94. The molecule has 0 unspecified atom stereocenters. The molecule has 1 aliphatic rings. The highest BCUT2D eigenvalue weighted by molar-refractivity contribution is 7.92. The van der Waals surface area contributed by atoms with E-state index in [2.05, 4.69) is 37.3 Å². The molecule has 0 radical (unpaired) electrons. The van der Waals surface area contributed by atoms with E-state index in [1.54, 1.807) is 12.1 Å². The van der Waals surface area contributed by atoms with Crippen LogP contribution in [0.1, 0.15) is 12.5 Å². The topological polar surface area (TPSA) is 86.2 Å². The SMILES string of the molecule is CCc1c(-c2ccc3c(c2)S(=O)(=O)c2ccc(-c4cccc5oc6ccccc6c45)cc2-3)nc(-c2ccccc2)nc1-c1ccc2c(c1)oc1ccccc12. The van der Waals surface area contributed by atoms with E-state index in [1.165, 1.54) is 0 Å². The van der Waals surface area contributed by atoms with Gasteiger partial charge in [0.1, 0.15) is 22.3 Å². The summed E-state index contributed by atoms with van der Waals surface area (Å²) in [7, 11) is -3.82. The predicted octanol–water partition coefficient (Wildman–Crippen LogP) is 12.3. The highest BCUT2D eigenvalue weighted by atomic mass is 32.2. The average molecular weight is 731 g/mol. The average Bonchev–Trinajstić information content (AvgIpc) is 3.87. The molecule has 0 amide bonds. The molecule has 6 nitrogen and oxygen atoms in total. The van der Waals surface area contributed by atoms with Crippen LogP contribution in [0.25, 0.3) is 100 Å². The normalized spacial score (nSPS) is 13.2. The molecule has 3 aromatic heterocycles. The number of hydrogen-bond acceptors (Lipinski definition) is 6. The number of aromatic nitrogens is 2. The highest BCUT2D eigenvalue weighted by Crippen LogP contribution is 2.48. The molecule has 0 saturated heterocycles. The molecule has 262 valence electrons. The van der Waals surface area contributed by atoms with Gasteiger partial charge in [-0.25, -0.2) is 18.4 Å². The van der Waals surface area contributed by atoms with Gasteiger partial charge < -0.3 is 8.83 Å². The van der Waals surface area contributed by atoms with Crippen LogP contribution in [0, 0.1) is 0 Å². The second kappa shape index (κ2) is 11.8. The van der Waals surface area contributed by atoms with Gasteiger partial charge >= 0.3 is 0 Å². The molecule has 0 spiro atoms. The zero-order chi connectivity index (χ0) is 36.8. The number of sulfone groups is 1. The minimum Gasteiger partial charge on any atom is -0.456 e. The molecule has 0 aliphatic carbocycles.